The molecule has 0 saturated carbocycles. The predicted molar refractivity (Wildman–Crippen MR) is 96.5 cm³/mol. The molecular weight excluding hydrogens is 412 g/mol. The molecule has 0 unspecified atom stereocenters. The van der Waals surface area contributed by atoms with E-state index in [0.717, 1.165) is 24.3 Å². The molecule has 0 fully saturated rings. The van der Waals surface area contributed by atoms with E-state index in [1.54, 1.807) is 0 Å². The molecule has 0 aliphatic carbocycles. The van der Waals surface area contributed by atoms with E-state index in [1.165, 1.54) is 36.7 Å². The zero-order valence-corrected chi connectivity index (χ0v) is 15.1. The Morgan fingerprint density at radius 2 is 1.23 bits per heavy atom. The fourth-order valence-corrected chi connectivity index (χ4v) is 3.05. The van der Waals surface area contributed by atoms with E-state index < -0.39 is 35.9 Å². The van der Waals surface area contributed by atoms with Crippen molar-refractivity contribution in [1.29, 1.82) is 0 Å². The normalized spacial score (nSPS) is 12.1. The van der Waals surface area contributed by atoms with Crippen LogP contribution in [-0.2, 0) is 23.6 Å². The Morgan fingerprint density at radius 3 is 1.60 bits per heavy atom. The third kappa shape index (κ3) is 4.61. The number of carboxylic acid groups (broad SMARTS) is 1. The molecule has 0 amide bonds. The van der Waals surface area contributed by atoms with E-state index >= 15 is 0 Å². The fourth-order valence-electron chi connectivity index (χ4n) is 3.05. The molecule has 0 spiro atoms. The van der Waals surface area contributed by atoms with Gasteiger partial charge in [0.05, 0.1) is 17.5 Å². The second kappa shape index (κ2) is 7.81. The van der Waals surface area contributed by atoms with E-state index in [2.05, 4.69) is 4.98 Å². The molecule has 30 heavy (non-hydrogen) atoms. The summed E-state index contributed by atoms with van der Waals surface area (Å²) in [6.07, 6.45) is -7.44. The summed E-state index contributed by atoms with van der Waals surface area (Å²) in [5.74, 6) is -1.29. The van der Waals surface area contributed by atoms with Gasteiger partial charge in [0.15, 0.2) is 0 Å². The summed E-state index contributed by atoms with van der Waals surface area (Å²) in [5, 5.41) is 9.30. The second-order valence-corrected chi connectivity index (χ2v) is 6.44. The van der Waals surface area contributed by atoms with E-state index in [1.807, 2.05) is 0 Å². The average molecular weight is 425 g/mol. The van der Waals surface area contributed by atoms with Crippen molar-refractivity contribution in [1.82, 2.24) is 4.98 Å². The third-order valence-corrected chi connectivity index (χ3v) is 4.39. The van der Waals surface area contributed by atoms with Gasteiger partial charge in [0.2, 0.25) is 0 Å². The van der Waals surface area contributed by atoms with Gasteiger partial charge < -0.3 is 5.11 Å². The minimum absolute atomic E-state index is 0.0578. The van der Waals surface area contributed by atoms with E-state index in [0.29, 0.717) is 0 Å². The van der Waals surface area contributed by atoms with Gasteiger partial charge in [-0.3, -0.25) is 9.78 Å². The first-order valence-electron chi connectivity index (χ1n) is 8.51. The summed E-state index contributed by atoms with van der Waals surface area (Å²) in [6.45, 7) is 0. The van der Waals surface area contributed by atoms with Gasteiger partial charge in [0.1, 0.15) is 0 Å². The molecule has 3 rings (SSSR count). The van der Waals surface area contributed by atoms with Crippen molar-refractivity contribution in [3.63, 3.8) is 0 Å². The van der Waals surface area contributed by atoms with Crippen LogP contribution in [0.2, 0.25) is 0 Å². The highest BCUT2D eigenvalue weighted by Crippen LogP contribution is 2.37. The quantitative estimate of drug-likeness (QED) is 0.516. The van der Waals surface area contributed by atoms with Gasteiger partial charge in [-0.05, 0) is 41.0 Å². The van der Waals surface area contributed by atoms with E-state index in [-0.39, 0.29) is 27.8 Å². The maximum atomic E-state index is 13.1. The van der Waals surface area contributed by atoms with Crippen LogP contribution in [0.15, 0.2) is 60.9 Å². The van der Waals surface area contributed by atoms with Crippen LogP contribution < -0.4 is 0 Å². The molecule has 9 heteroatoms. The van der Waals surface area contributed by atoms with Crippen LogP contribution in [0.4, 0.5) is 26.3 Å². The molecule has 0 atom stereocenters. The first-order valence-corrected chi connectivity index (χ1v) is 8.51. The zero-order valence-electron chi connectivity index (χ0n) is 15.1. The minimum Gasteiger partial charge on any atom is -0.481 e. The molecule has 3 nitrogen and oxygen atoms in total. The maximum absolute atomic E-state index is 13.1. The van der Waals surface area contributed by atoms with Crippen molar-refractivity contribution in [3.05, 3.63) is 77.6 Å². The number of alkyl halides is 6. The lowest BCUT2D eigenvalue weighted by Crippen LogP contribution is -2.08. The summed E-state index contributed by atoms with van der Waals surface area (Å²) in [5.41, 5.74) is -1.51. The summed E-state index contributed by atoms with van der Waals surface area (Å²) in [7, 11) is 0. The maximum Gasteiger partial charge on any atom is 0.416 e. The molecular formula is C21H13F6NO2. The Labute approximate surface area is 166 Å². The number of rotatable bonds is 4. The van der Waals surface area contributed by atoms with Crippen molar-refractivity contribution in [2.75, 3.05) is 0 Å². The fraction of sp³-hybridized carbons (Fsp3) is 0.143. The molecule has 0 bridgehead atoms. The molecule has 156 valence electrons. The zero-order chi connectivity index (χ0) is 22.1. The number of carbonyl (C=O) groups is 1. The van der Waals surface area contributed by atoms with E-state index in [4.69, 9.17) is 0 Å². The molecule has 3 aromatic rings. The van der Waals surface area contributed by atoms with Gasteiger partial charge in [-0.25, -0.2) is 0 Å². The van der Waals surface area contributed by atoms with Crippen LogP contribution in [0, 0.1) is 0 Å². The lowest BCUT2D eigenvalue weighted by atomic mass is 9.91. The summed E-state index contributed by atoms with van der Waals surface area (Å²) in [6, 6.07) is 8.46. The number of benzene rings is 2. The largest absolute Gasteiger partial charge is 0.481 e. The molecule has 0 aliphatic heterocycles. The number of halogens is 6. The summed E-state index contributed by atoms with van der Waals surface area (Å²) < 4.78 is 78.5. The summed E-state index contributed by atoms with van der Waals surface area (Å²) >= 11 is 0. The number of hydrogen-bond acceptors (Lipinski definition) is 2. The lowest BCUT2D eigenvalue weighted by molar-refractivity contribution is -0.138. The topological polar surface area (TPSA) is 50.2 Å². The van der Waals surface area contributed by atoms with Gasteiger partial charge in [0.25, 0.3) is 0 Å². The number of carboxylic acids is 1. The summed E-state index contributed by atoms with van der Waals surface area (Å²) in [4.78, 5) is 15.3. The minimum atomic E-state index is -4.62. The number of pyridine rings is 1. The van der Waals surface area contributed by atoms with Crippen LogP contribution in [0.3, 0.4) is 0 Å². The molecule has 1 aromatic heterocycles. The Hall–Kier alpha value is -3.36. The van der Waals surface area contributed by atoms with Gasteiger partial charge in [0, 0.05) is 23.5 Å². The van der Waals surface area contributed by atoms with Crippen molar-refractivity contribution >= 4 is 5.97 Å². The molecule has 0 radical (unpaired) electrons. The average Bonchev–Trinajstić information content (AvgIpc) is 2.66. The van der Waals surface area contributed by atoms with Crippen molar-refractivity contribution < 1.29 is 36.2 Å². The second-order valence-electron chi connectivity index (χ2n) is 6.44. The first-order chi connectivity index (χ1) is 14.0. The van der Waals surface area contributed by atoms with Crippen LogP contribution in [0.5, 0.6) is 0 Å². The molecule has 1 N–H and O–H groups in total. The van der Waals surface area contributed by atoms with Crippen molar-refractivity contribution in [2.45, 2.75) is 18.8 Å². The Bertz CT molecular complexity index is 1010. The van der Waals surface area contributed by atoms with E-state index in [9.17, 15) is 36.2 Å². The van der Waals surface area contributed by atoms with Gasteiger partial charge in [-0.2, -0.15) is 26.3 Å². The standard InChI is InChI=1S/C21H13F6NO2/c22-20(23,24)14-5-1-3-12(7-14)17-10-28-11-18(16(17)9-19(29)30)13-4-2-6-15(8-13)21(25,26)27/h1-8,10-11H,9H2,(H,29,30). The molecule has 0 saturated heterocycles. The third-order valence-electron chi connectivity index (χ3n) is 4.39. The van der Waals surface area contributed by atoms with Gasteiger partial charge >= 0.3 is 18.3 Å². The van der Waals surface area contributed by atoms with Crippen molar-refractivity contribution in [3.8, 4) is 22.3 Å². The van der Waals surface area contributed by atoms with Crippen LogP contribution in [-0.4, -0.2) is 16.1 Å². The predicted octanol–water partition coefficient (Wildman–Crippen LogP) is 6.08. The SMILES string of the molecule is O=C(O)Cc1c(-c2cccc(C(F)(F)F)c2)cncc1-c1cccc(C(F)(F)F)c1. The Morgan fingerprint density at radius 1 is 0.800 bits per heavy atom. The Kier molecular flexibility index (Phi) is 5.56. The monoisotopic (exact) mass is 425 g/mol. The number of nitrogens with zero attached hydrogens (tertiary/aromatic N) is 1. The highest BCUT2D eigenvalue weighted by atomic mass is 19.4. The van der Waals surface area contributed by atoms with Crippen LogP contribution in [0.1, 0.15) is 16.7 Å². The highest BCUT2D eigenvalue weighted by molar-refractivity contribution is 5.84. The molecule has 2 aromatic carbocycles. The lowest BCUT2D eigenvalue weighted by Gasteiger charge is -2.16. The van der Waals surface area contributed by atoms with Crippen LogP contribution in [0.25, 0.3) is 22.3 Å². The molecule has 0 aliphatic rings. The Balaban J connectivity index is 2.22. The molecule has 1 heterocycles. The first kappa shape index (κ1) is 21.4. The number of aliphatic carboxylic acids is 1. The van der Waals surface area contributed by atoms with Gasteiger partial charge in [-0.1, -0.05) is 24.3 Å². The van der Waals surface area contributed by atoms with Crippen LogP contribution >= 0.6 is 0 Å². The number of aromatic nitrogens is 1. The van der Waals surface area contributed by atoms with Gasteiger partial charge in [-0.15, -0.1) is 0 Å². The highest BCUT2D eigenvalue weighted by Gasteiger charge is 2.32. The smallest absolute Gasteiger partial charge is 0.416 e. The number of hydrogen-bond donors (Lipinski definition) is 1. The van der Waals surface area contributed by atoms with Crippen molar-refractivity contribution in [2.24, 2.45) is 0 Å².